The van der Waals surface area contributed by atoms with Crippen LogP contribution in [0.25, 0.3) is 38.7 Å². The molecule has 0 radical (unpaired) electrons. The zero-order valence-electron chi connectivity index (χ0n) is 28.3. The summed E-state index contributed by atoms with van der Waals surface area (Å²) in [6, 6.07) is 12.9. The van der Waals surface area contributed by atoms with Gasteiger partial charge in [0.15, 0.2) is 0 Å². The second kappa shape index (κ2) is 12.9. The number of nitrogens with zero attached hydrogens (tertiary/aromatic N) is 2. The Morgan fingerprint density at radius 3 is 2.24 bits per heavy atom. The number of aryl methyl sites for hydroxylation is 3. The third-order valence-electron chi connectivity index (χ3n) is 10.6. The maximum atomic E-state index is 11.6. The quantitative estimate of drug-likeness (QED) is 0.115. The smallest absolute Gasteiger partial charge is 0.346 e. The third-order valence-corrected chi connectivity index (χ3v) is 11.8. The van der Waals surface area contributed by atoms with E-state index in [0.29, 0.717) is 11.8 Å². The molecule has 1 N–H and O–H groups in total. The summed E-state index contributed by atoms with van der Waals surface area (Å²) in [4.78, 5) is 13.6. The number of unbranched alkanes of at least 4 members (excludes halogenated alkanes) is 3. The van der Waals surface area contributed by atoms with E-state index in [4.69, 9.17) is 0 Å². The first-order chi connectivity index (χ1) is 21.4. The molecular formula is C40H46N2O2S. The lowest BCUT2D eigenvalue weighted by molar-refractivity contribution is -0.132. The number of aliphatic carboxylic acids is 1. The van der Waals surface area contributed by atoms with E-state index < -0.39 is 5.97 Å². The number of aromatic nitrogens is 1. The number of benzene rings is 2. The van der Waals surface area contributed by atoms with Gasteiger partial charge in [0, 0.05) is 20.8 Å². The van der Waals surface area contributed by atoms with Crippen molar-refractivity contribution in [3.05, 3.63) is 85.4 Å². The molecule has 0 saturated heterocycles. The molecule has 0 spiro atoms. The molecule has 4 aromatic rings. The number of carboxylic acid groups (broad SMARTS) is 1. The minimum absolute atomic E-state index is 0.226. The summed E-state index contributed by atoms with van der Waals surface area (Å²) >= 11 is 1.57. The molecule has 5 rings (SSSR count). The van der Waals surface area contributed by atoms with Crippen molar-refractivity contribution >= 4 is 39.9 Å². The van der Waals surface area contributed by atoms with Gasteiger partial charge in [-0.3, -0.25) is 0 Å². The van der Waals surface area contributed by atoms with Crippen LogP contribution in [0.15, 0.2) is 41.5 Å². The normalized spacial score (nSPS) is 16.8. The van der Waals surface area contributed by atoms with Gasteiger partial charge in [-0.1, -0.05) is 57.7 Å². The van der Waals surface area contributed by atoms with Gasteiger partial charge in [0.05, 0.1) is 11.2 Å². The van der Waals surface area contributed by atoms with Gasteiger partial charge in [-0.2, -0.15) is 5.26 Å². The molecule has 2 aromatic heterocycles. The molecular weight excluding hydrogens is 573 g/mol. The van der Waals surface area contributed by atoms with Crippen molar-refractivity contribution in [2.45, 2.75) is 100 Å². The Bertz CT molecular complexity index is 1910. The summed E-state index contributed by atoms with van der Waals surface area (Å²) < 4.78 is 2.51. The van der Waals surface area contributed by atoms with Crippen LogP contribution >= 0.6 is 11.3 Å². The molecule has 2 atom stereocenters. The van der Waals surface area contributed by atoms with E-state index in [0.717, 1.165) is 52.3 Å². The molecule has 0 fully saturated rings. The van der Waals surface area contributed by atoms with Crippen molar-refractivity contribution in [1.82, 2.24) is 4.57 Å². The van der Waals surface area contributed by atoms with Crippen molar-refractivity contribution < 1.29 is 9.90 Å². The van der Waals surface area contributed by atoms with Crippen LogP contribution in [0.2, 0.25) is 0 Å². The zero-order valence-corrected chi connectivity index (χ0v) is 29.1. The topological polar surface area (TPSA) is 66.0 Å². The number of nitriles is 1. The monoisotopic (exact) mass is 618 g/mol. The van der Waals surface area contributed by atoms with E-state index in [1.165, 1.54) is 62.0 Å². The number of hydrogen-bond acceptors (Lipinski definition) is 3. The number of allylic oxidation sites excluding steroid dienone is 2. The van der Waals surface area contributed by atoms with Crippen molar-refractivity contribution in [3.63, 3.8) is 0 Å². The highest BCUT2D eigenvalue weighted by atomic mass is 32.1. The Morgan fingerprint density at radius 1 is 0.956 bits per heavy atom. The van der Waals surface area contributed by atoms with Crippen LogP contribution in [0.1, 0.15) is 110 Å². The van der Waals surface area contributed by atoms with Crippen molar-refractivity contribution in [2.24, 2.45) is 5.92 Å². The van der Waals surface area contributed by atoms with Crippen LogP contribution < -0.4 is 0 Å². The Hall–Kier alpha value is -3.88. The summed E-state index contributed by atoms with van der Waals surface area (Å²) in [5.41, 5.74) is 15.6. The fourth-order valence-corrected chi connectivity index (χ4v) is 8.33. The first kappa shape index (κ1) is 32.5. The molecule has 1 aliphatic rings. The minimum atomic E-state index is -1.18. The minimum Gasteiger partial charge on any atom is -0.477 e. The summed E-state index contributed by atoms with van der Waals surface area (Å²) in [6.07, 6.45) is 6.96. The first-order valence-corrected chi connectivity index (χ1v) is 17.1. The molecule has 4 nitrogen and oxygen atoms in total. The number of carbonyl (C=O) groups is 1. The van der Waals surface area contributed by atoms with Crippen molar-refractivity contribution in [2.75, 3.05) is 0 Å². The highest BCUT2D eigenvalue weighted by Gasteiger charge is 2.34. The van der Waals surface area contributed by atoms with E-state index in [9.17, 15) is 15.2 Å². The fourth-order valence-electron chi connectivity index (χ4n) is 7.17. The molecule has 2 unspecified atom stereocenters. The van der Waals surface area contributed by atoms with Crippen LogP contribution in [-0.2, 0) is 11.2 Å². The lowest BCUT2D eigenvalue weighted by Crippen LogP contribution is -2.17. The van der Waals surface area contributed by atoms with Gasteiger partial charge in [-0.15, -0.1) is 11.3 Å². The van der Waals surface area contributed by atoms with Gasteiger partial charge < -0.3 is 9.67 Å². The predicted octanol–water partition coefficient (Wildman–Crippen LogP) is 11.3. The van der Waals surface area contributed by atoms with E-state index >= 15 is 0 Å². The standard InChI is InChI=1S/C40H46N2O2S/c1-10-11-12-13-14-31-19-34(45-35(31)20-32(21-41)40(43)44)30-15-17-33(18-16-30)42-38-28(8)24(4)22(2)26(6)36(38)37-27(7)23(3)25(5)29(9)39(37)42/h15-20,22,26H,10-14H2,1-9H3,(H,43,44)/b32-20+. The summed E-state index contributed by atoms with van der Waals surface area (Å²) in [5.74, 6) is -0.277. The Morgan fingerprint density at radius 2 is 1.62 bits per heavy atom. The average Bonchev–Trinajstić information content (AvgIpc) is 3.61. The van der Waals surface area contributed by atoms with Crippen molar-refractivity contribution in [1.29, 1.82) is 5.26 Å². The highest BCUT2D eigenvalue weighted by Crippen LogP contribution is 2.50. The highest BCUT2D eigenvalue weighted by molar-refractivity contribution is 7.16. The number of carboxylic acids is 1. The molecule has 5 heteroatoms. The van der Waals surface area contributed by atoms with Crippen LogP contribution in [-0.4, -0.2) is 15.6 Å². The molecule has 2 heterocycles. The molecule has 0 bridgehead atoms. The van der Waals surface area contributed by atoms with E-state index in [2.05, 4.69) is 97.2 Å². The SMILES string of the molecule is CCCCCCc1cc(-c2ccc(-n3c4c(c5c(C)c(C)c(C)c(C)c53)C(C)C(C)C(C)=C4C)cc2)sc1/C=C(\C#N)C(=O)O. The van der Waals surface area contributed by atoms with Gasteiger partial charge >= 0.3 is 5.97 Å². The van der Waals surface area contributed by atoms with E-state index in [-0.39, 0.29) is 5.57 Å². The Kier molecular flexibility index (Phi) is 9.28. The third kappa shape index (κ3) is 5.59. The van der Waals surface area contributed by atoms with Gasteiger partial charge in [0.1, 0.15) is 11.6 Å². The average molecular weight is 619 g/mol. The van der Waals surface area contributed by atoms with E-state index in [1.54, 1.807) is 17.4 Å². The van der Waals surface area contributed by atoms with E-state index in [1.807, 2.05) is 6.07 Å². The maximum Gasteiger partial charge on any atom is 0.346 e. The number of thiophene rings is 1. The van der Waals surface area contributed by atoms with Crippen molar-refractivity contribution in [3.8, 4) is 22.2 Å². The number of fused-ring (bicyclic) bond motifs is 3. The molecule has 0 amide bonds. The Labute approximate surface area is 272 Å². The lowest BCUT2D eigenvalue weighted by atomic mass is 9.75. The predicted molar refractivity (Wildman–Crippen MR) is 190 cm³/mol. The fraction of sp³-hybridized carbons (Fsp3) is 0.400. The van der Waals surface area contributed by atoms with Gasteiger partial charge in [0.2, 0.25) is 0 Å². The maximum absolute atomic E-state index is 11.6. The molecule has 234 valence electrons. The van der Waals surface area contributed by atoms with Crippen LogP contribution in [0.4, 0.5) is 0 Å². The van der Waals surface area contributed by atoms with Gasteiger partial charge in [-0.25, -0.2) is 4.79 Å². The van der Waals surface area contributed by atoms with Crippen LogP contribution in [0, 0.1) is 44.9 Å². The number of rotatable bonds is 9. The molecule has 0 aliphatic heterocycles. The summed E-state index contributed by atoms with van der Waals surface area (Å²) in [5, 5.41) is 20.4. The molecule has 45 heavy (non-hydrogen) atoms. The lowest BCUT2D eigenvalue weighted by Gasteiger charge is -2.30. The second-order valence-electron chi connectivity index (χ2n) is 13.0. The second-order valence-corrected chi connectivity index (χ2v) is 14.1. The van der Waals surface area contributed by atoms with Crippen LogP contribution in [0.5, 0.6) is 0 Å². The van der Waals surface area contributed by atoms with Gasteiger partial charge in [-0.05, 0) is 135 Å². The summed E-state index contributed by atoms with van der Waals surface area (Å²) in [6.45, 7) is 20.6. The molecule has 2 aromatic carbocycles. The summed E-state index contributed by atoms with van der Waals surface area (Å²) in [7, 11) is 0. The largest absolute Gasteiger partial charge is 0.477 e. The zero-order chi connectivity index (χ0) is 32.7. The first-order valence-electron chi connectivity index (χ1n) is 16.3. The van der Waals surface area contributed by atoms with Crippen LogP contribution in [0.3, 0.4) is 0 Å². The van der Waals surface area contributed by atoms with Gasteiger partial charge in [0.25, 0.3) is 0 Å². The molecule has 1 aliphatic carbocycles. The molecule has 0 saturated carbocycles. The Balaban J connectivity index is 1.66. The number of hydrogen-bond donors (Lipinski definition) is 1.